The van der Waals surface area contributed by atoms with Crippen LogP contribution in [0.5, 0.6) is 5.75 Å². The van der Waals surface area contributed by atoms with Crippen molar-refractivity contribution in [2.45, 2.75) is 25.0 Å². The van der Waals surface area contributed by atoms with Crippen LogP contribution < -0.4 is 15.2 Å². The van der Waals surface area contributed by atoms with Gasteiger partial charge in [-0.1, -0.05) is 29.4 Å². The topological polar surface area (TPSA) is 88.2 Å². The van der Waals surface area contributed by atoms with Crippen molar-refractivity contribution < 1.29 is 9.53 Å². The molecular weight excluding hydrogens is 460 g/mol. The molecule has 170 valence electrons. The van der Waals surface area contributed by atoms with Crippen LogP contribution in [0.3, 0.4) is 0 Å². The van der Waals surface area contributed by atoms with Gasteiger partial charge in [-0.05, 0) is 49.4 Å². The molecule has 0 aliphatic heterocycles. The molecule has 0 unspecified atom stereocenters. The number of aromatic nitrogens is 2. The molecule has 3 aromatic rings. The van der Waals surface area contributed by atoms with Gasteiger partial charge >= 0.3 is 0 Å². The summed E-state index contributed by atoms with van der Waals surface area (Å²) in [5.74, 6) is 0.537. The summed E-state index contributed by atoms with van der Waals surface area (Å²) in [5.41, 5.74) is 0.913. The molecule has 0 saturated carbocycles. The molecule has 0 N–H and O–H groups in total. The molecule has 0 radical (unpaired) electrons. The van der Waals surface area contributed by atoms with Crippen LogP contribution >= 0.6 is 23.4 Å². The molecule has 7 nitrogen and oxygen atoms in total. The first kappa shape index (κ1) is 24.4. The number of thioether (sulfide) groups is 1. The fraction of sp³-hybridized carbons (Fsp3) is 0.250. The zero-order valence-corrected chi connectivity index (χ0v) is 19.7. The average molecular weight is 483 g/mol. The minimum atomic E-state index is -0.223. The third kappa shape index (κ3) is 5.95. The summed E-state index contributed by atoms with van der Waals surface area (Å²) in [6.07, 6.45) is 1.80. The molecule has 1 amide bonds. The zero-order valence-electron chi connectivity index (χ0n) is 18.2. The Morgan fingerprint density at radius 3 is 2.76 bits per heavy atom. The molecule has 0 fully saturated rings. The Kier molecular flexibility index (Phi) is 8.52. The van der Waals surface area contributed by atoms with Gasteiger partial charge in [-0.2, -0.15) is 5.26 Å². The fourth-order valence-electron chi connectivity index (χ4n) is 3.23. The second-order valence-corrected chi connectivity index (χ2v) is 8.31. The van der Waals surface area contributed by atoms with Gasteiger partial charge in [-0.25, -0.2) is 4.98 Å². The van der Waals surface area contributed by atoms with Crippen LogP contribution in [0.2, 0.25) is 5.02 Å². The average Bonchev–Trinajstić information content (AvgIpc) is 2.81. The number of nitriles is 1. The summed E-state index contributed by atoms with van der Waals surface area (Å²) in [6.45, 7) is 6.67. The molecule has 2 aromatic carbocycles. The number of ether oxygens (including phenoxy) is 1. The van der Waals surface area contributed by atoms with Crippen molar-refractivity contribution in [2.75, 3.05) is 23.8 Å². The van der Waals surface area contributed by atoms with Crippen molar-refractivity contribution in [1.82, 2.24) is 9.55 Å². The SMILES string of the molecule is C=CCn1c(SCC(=O)N(CCC#N)c2ccc(OCC)cc2)nc2cc(Cl)ccc2c1=O. The quantitative estimate of drug-likeness (QED) is 0.237. The highest BCUT2D eigenvalue weighted by Crippen LogP contribution is 2.24. The van der Waals surface area contributed by atoms with Crippen molar-refractivity contribution >= 4 is 45.9 Å². The lowest BCUT2D eigenvalue weighted by Gasteiger charge is -2.22. The van der Waals surface area contributed by atoms with Crippen molar-refractivity contribution in [3.63, 3.8) is 0 Å². The zero-order chi connectivity index (χ0) is 23.8. The van der Waals surface area contributed by atoms with Crippen LogP contribution in [0.1, 0.15) is 13.3 Å². The maximum Gasteiger partial charge on any atom is 0.262 e. The van der Waals surface area contributed by atoms with Gasteiger partial charge in [0.05, 0.1) is 35.8 Å². The van der Waals surface area contributed by atoms with E-state index in [1.807, 2.05) is 6.92 Å². The van der Waals surface area contributed by atoms with Crippen LogP contribution in [0.25, 0.3) is 10.9 Å². The van der Waals surface area contributed by atoms with E-state index in [2.05, 4.69) is 17.6 Å². The fourth-order valence-corrected chi connectivity index (χ4v) is 4.28. The van der Waals surface area contributed by atoms with E-state index >= 15 is 0 Å². The first-order chi connectivity index (χ1) is 16.0. The number of carbonyl (C=O) groups is 1. The van der Waals surface area contributed by atoms with Crippen LogP contribution in [-0.4, -0.2) is 34.4 Å². The minimum absolute atomic E-state index is 0.0360. The minimum Gasteiger partial charge on any atom is -0.494 e. The summed E-state index contributed by atoms with van der Waals surface area (Å²) in [6, 6.07) is 14.1. The van der Waals surface area contributed by atoms with Gasteiger partial charge in [0.15, 0.2) is 5.16 Å². The Labute approximate surface area is 201 Å². The molecular formula is C24H23ClN4O3S. The summed E-state index contributed by atoms with van der Waals surface area (Å²) in [4.78, 5) is 32.2. The molecule has 0 aliphatic carbocycles. The summed E-state index contributed by atoms with van der Waals surface area (Å²) < 4.78 is 6.94. The van der Waals surface area contributed by atoms with Crippen LogP contribution in [0.4, 0.5) is 5.69 Å². The van der Waals surface area contributed by atoms with Gasteiger partial charge in [0.2, 0.25) is 5.91 Å². The molecule has 1 heterocycles. The van der Waals surface area contributed by atoms with Crippen LogP contribution in [-0.2, 0) is 11.3 Å². The number of allylic oxidation sites excluding steroid dienone is 1. The molecule has 0 bridgehead atoms. The number of rotatable bonds is 10. The van der Waals surface area contributed by atoms with Gasteiger partial charge in [0.1, 0.15) is 5.75 Å². The maximum absolute atomic E-state index is 13.1. The Balaban J connectivity index is 1.87. The summed E-state index contributed by atoms with van der Waals surface area (Å²) in [5, 5.41) is 10.4. The Bertz CT molecular complexity index is 1250. The highest BCUT2D eigenvalue weighted by molar-refractivity contribution is 7.99. The predicted octanol–water partition coefficient (Wildman–Crippen LogP) is 4.67. The Morgan fingerprint density at radius 1 is 1.33 bits per heavy atom. The molecule has 0 spiro atoms. The van der Waals surface area contributed by atoms with E-state index in [1.165, 1.54) is 4.57 Å². The monoisotopic (exact) mass is 482 g/mol. The molecule has 9 heteroatoms. The number of hydrogen-bond donors (Lipinski definition) is 0. The smallest absolute Gasteiger partial charge is 0.262 e. The number of hydrogen-bond acceptors (Lipinski definition) is 6. The van der Waals surface area contributed by atoms with Crippen molar-refractivity contribution in [3.8, 4) is 11.8 Å². The van der Waals surface area contributed by atoms with E-state index in [-0.39, 0.29) is 36.7 Å². The third-order valence-electron chi connectivity index (χ3n) is 4.73. The molecule has 0 atom stereocenters. The van der Waals surface area contributed by atoms with E-state index in [9.17, 15) is 9.59 Å². The molecule has 3 rings (SSSR count). The van der Waals surface area contributed by atoms with Crippen molar-refractivity contribution in [3.05, 3.63) is 70.5 Å². The molecule has 33 heavy (non-hydrogen) atoms. The highest BCUT2D eigenvalue weighted by atomic mass is 35.5. The normalized spacial score (nSPS) is 10.6. The van der Waals surface area contributed by atoms with E-state index in [1.54, 1.807) is 53.4 Å². The second kappa shape index (κ2) is 11.5. The van der Waals surface area contributed by atoms with Gasteiger partial charge < -0.3 is 9.64 Å². The number of halogens is 1. The standard InChI is InChI=1S/C24H23ClN4O3S/c1-3-13-29-23(31)20-11-6-17(25)15-21(20)27-24(29)33-16-22(30)28(14-5-12-26)18-7-9-19(10-8-18)32-4-2/h3,6-11,15H,1,4-5,13-14,16H2,2H3. The van der Waals surface area contributed by atoms with Crippen LogP contribution in [0, 0.1) is 11.3 Å². The number of nitrogens with zero attached hydrogens (tertiary/aromatic N) is 4. The second-order valence-electron chi connectivity index (χ2n) is 6.93. The first-order valence-electron chi connectivity index (χ1n) is 10.3. The summed E-state index contributed by atoms with van der Waals surface area (Å²) in [7, 11) is 0. The van der Waals surface area contributed by atoms with E-state index < -0.39 is 0 Å². The Morgan fingerprint density at radius 2 is 2.09 bits per heavy atom. The number of amides is 1. The summed E-state index contributed by atoms with van der Waals surface area (Å²) >= 11 is 7.23. The van der Waals surface area contributed by atoms with Gasteiger partial charge in [0.25, 0.3) is 5.56 Å². The number of anilines is 1. The first-order valence-corrected chi connectivity index (χ1v) is 11.7. The Hall–Kier alpha value is -3.28. The third-order valence-corrected chi connectivity index (χ3v) is 5.92. The maximum atomic E-state index is 13.1. The van der Waals surface area contributed by atoms with Gasteiger partial charge in [0, 0.05) is 23.8 Å². The number of fused-ring (bicyclic) bond motifs is 1. The lowest BCUT2D eigenvalue weighted by Crippen LogP contribution is -2.33. The van der Waals surface area contributed by atoms with E-state index in [4.69, 9.17) is 21.6 Å². The number of carbonyl (C=O) groups excluding carboxylic acids is 1. The molecule has 0 aliphatic rings. The van der Waals surface area contributed by atoms with Crippen molar-refractivity contribution in [1.29, 1.82) is 5.26 Å². The lowest BCUT2D eigenvalue weighted by atomic mass is 10.2. The molecule has 0 saturated heterocycles. The van der Waals surface area contributed by atoms with Gasteiger partial charge in [-0.15, -0.1) is 6.58 Å². The largest absolute Gasteiger partial charge is 0.494 e. The molecule has 1 aromatic heterocycles. The van der Waals surface area contributed by atoms with Crippen LogP contribution in [0.15, 0.2) is 65.1 Å². The van der Waals surface area contributed by atoms with Gasteiger partial charge in [-0.3, -0.25) is 14.2 Å². The number of benzene rings is 2. The lowest BCUT2D eigenvalue weighted by molar-refractivity contribution is -0.116. The highest BCUT2D eigenvalue weighted by Gasteiger charge is 2.18. The van der Waals surface area contributed by atoms with E-state index in [0.29, 0.717) is 39.1 Å². The predicted molar refractivity (Wildman–Crippen MR) is 132 cm³/mol. The van der Waals surface area contributed by atoms with E-state index in [0.717, 1.165) is 11.8 Å². The van der Waals surface area contributed by atoms with Crippen molar-refractivity contribution in [2.24, 2.45) is 0 Å².